The molecule has 0 aliphatic heterocycles. The molecular weight excluding hydrogens is 254 g/mol. The molecule has 0 unspecified atom stereocenters. The van der Waals surface area contributed by atoms with Crippen LogP contribution < -0.4 is 5.32 Å². The largest absolute Gasteiger partial charge is 0.460 e. The van der Waals surface area contributed by atoms with Gasteiger partial charge in [0.2, 0.25) is 0 Å². The van der Waals surface area contributed by atoms with Gasteiger partial charge >= 0.3 is 0 Å². The molecular formula is C14H17N5O. The second kappa shape index (κ2) is 5.34. The van der Waals surface area contributed by atoms with Crippen molar-refractivity contribution in [2.75, 3.05) is 0 Å². The molecule has 104 valence electrons. The molecule has 0 radical (unpaired) electrons. The van der Waals surface area contributed by atoms with Gasteiger partial charge in [0.05, 0.1) is 11.9 Å². The predicted molar refractivity (Wildman–Crippen MR) is 74.8 cm³/mol. The van der Waals surface area contributed by atoms with Gasteiger partial charge in [-0.15, -0.1) is 0 Å². The number of H-pyrrole nitrogens is 1. The third-order valence-corrected chi connectivity index (χ3v) is 3.25. The highest BCUT2D eigenvalue weighted by Gasteiger charge is 2.10. The summed E-state index contributed by atoms with van der Waals surface area (Å²) in [5.74, 6) is 1.71. The van der Waals surface area contributed by atoms with Crippen LogP contribution in [-0.4, -0.2) is 20.0 Å². The first kappa shape index (κ1) is 12.7. The maximum Gasteiger partial charge on any atom is 0.152 e. The zero-order valence-corrected chi connectivity index (χ0v) is 11.6. The smallest absolute Gasteiger partial charge is 0.152 e. The molecule has 0 saturated carbocycles. The van der Waals surface area contributed by atoms with Gasteiger partial charge in [-0.25, -0.2) is 0 Å². The van der Waals surface area contributed by atoms with E-state index < -0.39 is 0 Å². The fourth-order valence-electron chi connectivity index (χ4n) is 2.13. The minimum atomic E-state index is 0.719. The molecule has 6 nitrogen and oxygen atoms in total. The van der Waals surface area contributed by atoms with Gasteiger partial charge in [-0.2, -0.15) is 10.2 Å². The Hall–Kier alpha value is -2.34. The van der Waals surface area contributed by atoms with E-state index in [0.29, 0.717) is 0 Å². The average Bonchev–Trinajstić information content (AvgIpc) is 3.12. The van der Waals surface area contributed by atoms with Crippen LogP contribution >= 0.6 is 0 Å². The molecule has 0 aliphatic carbocycles. The molecule has 0 aliphatic rings. The van der Waals surface area contributed by atoms with Crippen molar-refractivity contribution >= 4 is 0 Å². The Morgan fingerprint density at radius 3 is 2.90 bits per heavy atom. The van der Waals surface area contributed by atoms with Crippen molar-refractivity contribution in [1.29, 1.82) is 0 Å². The first-order chi connectivity index (χ1) is 9.74. The van der Waals surface area contributed by atoms with Crippen LogP contribution in [0.5, 0.6) is 0 Å². The van der Waals surface area contributed by atoms with E-state index in [1.807, 2.05) is 43.0 Å². The molecule has 0 fully saturated rings. The third kappa shape index (κ3) is 2.50. The summed E-state index contributed by atoms with van der Waals surface area (Å²) < 4.78 is 7.49. The Morgan fingerprint density at radius 2 is 2.20 bits per heavy atom. The highest BCUT2D eigenvalue weighted by atomic mass is 16.3. The van der Waals surface area contributed by atoms with E-state index >= 15 is 0 Å². The molecule has 3 heterocycles. The van der Waals surface area contributed by atoms with Crippen LogP contribution in [0.15, 0.2) is 35.0 Å². The number of aryl methyl sites for hydroxylation is 2. The third-order valence-electron chi connectivity index (χ3n) is 3.25. The van der Waals surface area contributed by atoms with Crippen molar-refractivity contribution in [3.63, 3.8) is 0 Å². The Bertz CT molecular complexity index is 694. The fourth-order valence-corrected chi connectivity index (χ4v) is 2.13. The van der Waals surface area contributed by atoms with Gasteiger partial charge in [-0.05, 0) is 25.1 Å². The average molecular weight is 271 g/mol. The van der Waals surface area contributed by atoms with Crippen LogP contribution in [0.25, 0.3) is 11.5 Å². The lowest BCUT2D eigenvalue weighted by atomic mass is 10.2. The number of furan rings is 1. The van der Waals surface area contributed by atoms with Crippen molar-refractivity contribution in [3.8, 4) is 11.5 Å². The highest BCUT2D eigenvalue weighted by Crippen LogP contribution is 2.23. The number of aromatic nitrogens is 4. The minimum Gasteiger partial charge on any atom is -0.460 e. The summed E-state index contributed by atoms with van der Waals surface area (Å²) in [6.45, 7) is 3.41. The molecule has 0 spiro atoms. The molecule has 3 aromatic rings. The van der Waals surface area contributed by atoms with E-state index in [1.165, 1.54) is 0 Å². The Morgan fingerprint density at radius 1 is 1.30 bits per heavy atom. The van der Waals surface area contributed by atoms with Crippen LogP contribution in [0, 0.1) is 6.92 Å². The summed E-state index contributed by atoms with van der Waals surface area (Å²) in [6.07, 6.45) is 3.62. The first-order valence-corrected chi connectivity index (χ1v) is 6.50. The molecule has 3 rings (SSSR count). The van der Waals surface area contributed by atoms with Crippen LogP contribution in [0.3, 0.4) is 0 Å². The van der Waals surface area contributed by atoms with E-state index in [2.05, 4.69) is 20.6 Å². The van der Waals surface area contributed by atoms with Crippen LogP contribution in [0.4, 0.5) is 0 Å². The summed E-state index contributed by atoms with van der Waals surface area (Å²) in [6, 6.07) is 5.90. The monoisotopic (exact) mass is 271 g/mol. The van der Waals surface area contributed by atoms with Crippen LogP contribution in [-0.2, 0) is 20.1 Å². The quantitative estimate of drug-likeness (QED) is 0.744. The van der Waals surface area contributed by atoms with Crippen molar-refractivity contribution in [2.45, 2.75) is 20.0 Å². The molecule has 6 heteroatoms. The topological polar surface area (TPSA) is 71.7 Å². The molecule has 0 bridgehead atoms. The van der Waals surface area contributed by atoms with E-state index in [9.17, 15) is 0 Å². The van der Waals surface area contributed by atoms with Crippen molar-refractivity contribution in [2.24, 2.45) is 7.05 Å². The Labute approximate surface area is 116 Å². The summed E-state index contributed by atoms with van der Waals surface area (Å²) in [5, 5.41) is 14.6. The zero-order chi connectivity index (χ0) is 13.9. The van der Waals surface area contributed by atoms with Gasteiger partial charge in [0.1, 0.15) is 11.5 Å². The van der Waals surface area contributed by atoms with E-state index in [4.69, 9.17) is 4.42 Å². The number of nitrogens with one attached hydrogen (secondary N) is 2. The normalized spacial score (nSPS) is 11.1. The van der Waals surface area contributed by atoms with Crippen molar-refractivity contribution in [3.05, 3.63) is 47.6 Å². The molecule has 0 atom stereocenters. The second-order valence-electron chi connectivity index (χ2n) is 4.73. The molecule has 0 saturated heterocycles. The SMILES string of the molecule is Cc1ccc(-c2[nH]ncc2CNCc2ccnn2C)o1. The molecule has 2 N–H and O–H groups in total. The Balaban J connectivity index is 1.67. The van der Waals surface area contributed by atoms with Gasteiger partial charge in [0.15, 0.2) is 5.76 Å². The highest BCUT2D eigenvalue weighted by molar-refractivity contribution is 5.56. The van der Waals surface area contributed by atoms with Crippen LogP contribution in [0.2, 0.25) is 0 Å². The van der Waals surface area contributed by atoms with Crippen molar-refractivity contribution in [1.82, 2.24) is 25.3 Å². The van der Waals surface area contributed by atoms with Crippen molar-refractivity contribution < 1.29 is 4.42 Å². The Kier molecular flexibility index (Phi) is 3.39. The summed E-state index contributed by atoms with van der Waals surface area (Å²) in [5.41, 5.74) is 3.15. The van der Waals surface area contributed by atoms with E-state index in [-0.39, 0.29) is 0 Å². The van der Waals surface area contributed by atoms with E-state index in [1.54, 1.807) is 6.20 Å². The van der Waals surface area contributed by atoms with Gasteiger partial charge in [0.25, 0.3) is 0 Å². The maximum absolute atomic E-state index is 5.63. The molecule has 0 amide bonds. The number of aromatic amines is 1. The van der Waals surface area contributed by atoms with Gasteiger partial charge in [-0.3, -0.25) is 9.78 Å². The van der Waals surface area contributed by atoms with Gasteiger partial charge in [0, 0.05) is 31.9 Å². The second-order valence-corrected chi connectivity index (χ2v) is 4.73. The zero-order valence-electron chi connectivity index (χ0n) is 11.6. The number of hydrogen-bond acceptors (Lipinski definition) is 4. The van der Waals surface area contributed by atoms with Gasteiger partial charge < -0.3 is 9.73 Å². The van der Waals surface area contributed by atoms with Crippen LogP contribution in [0.1, 0.15) is 17.0 Å². The van der Waals surface area contributed by atoms with Gasteiger partial charge in [-0.1, -0.05) is 0 Å². The lowest BCUT2D eigenvalue weighted by Crippen LogP contribution is -2.15. The number of rotatable bonds is 5. The molecule has 3 aromatic heterocycles. The molecule has 0 aromatic carbocycles. The predicted octanol–water partition coefficient (Wildman–Crippen LogP) is 2.00. The summed E-state index contributed by atoms with van der Waals surface area (Å²) in [4.78, 5) is 0. The molecule has 20 heavy (non-hydrogen) atoms. The lowest BCUT2D eigenvalue weighted by molar-refractivity contribution is 0.545. The minimum absolute atomic E-state index is 0.719. The summed E-state index contributed by atoms with van der Waals surface area (Å²) in [7, 11) is 1.94. The fraction of sp³-hybridized carbons (Fsp3) is 0.286. The first-order valence-electron chi connectivity index (χ1n) is 6.50. The number of nitrogens with zero attached hydrogens (tertiary/aromatic N) is 3. The summed E-state index contributed by atoms with van der Waals surface area (Å²) >= 11 is 0. The lowest BCUT2D eigenvalue weighted by Gasteiger charge is -2.05. The maximum atomic E-state index is 5.63. The standard InChI is InChI=1S/C14H17N5O/c1-10-3-4-13(20-10)14-11(8-16-18-14)7-15-9-12-5-6-17-19(12)2/h3-6,8,15H,7,9H2,1-2H3,(H,16,18). The van der Waals surface area contributed by atoms with E-state index in [0.717, 1.165) is 41.6 Å². The number of hydrogen-bond donors (Lipinski definition) is 2.